The highest BCUT2D eigenvalue weighted by atomic mass is 35.5. The van der Waals surface area contributed by atoms with E-state index in [4.69, 9.17) is 47.9 Å². The molecule has 0 aromatic heterocycles. The van der Waals surface area contributed by atoms with E-state index in [0.717, 1.165) is 0 Å². The number of ether oxygens (including phenoxy) is 4. The summed E-state index contributed by atoms with van der Waals surface area (Å²) in [6.07, 6.45) is -0.724. The average Bonchev–Trinajstić information content (AvgIpc) is 3.16. The lowest BCUT2D eigenvalue weighted by atomic mass is 9.90. The molecule has 13 nitrogen and oxygen atoms in total. The molecule has 3 rings (SSSR count). The number of aliphatic hydroxyl groups excluding tert-OH is 1. The van der Waals surface area contributed by atoms with Crippen LogP contribution in [0.15, 0.2) is 54.6 Å². The van der Waals surface area contributed by atoms with Crippen molar-refractivity contribution in [3.63, 3.8) is 0 Å². The molecule has 0 bridgehead atoms. The molecule has 0 saturated carbocycles. The second-order valence-electron chi connectivity index (χ2n) is 16.1. The molecule has 6 atom stereocenters. The molecule has 57 heavy (non-hydrogen) atoms. The van der Waals surface area contributed by atoms with Gasteiger partial charge in [-0.1, -0.05) is 68.8 Å². The number of cyclic esters (lactones) is 2. The Balaban J connectivity index is 1.90. The number of benzene rings is 2. The first-order chi connectivity index (χ1) is 26.7. The Morgan fingerprint density at radius 3 is 2.30 bits per heavy atom. The number of halogens is 2. The Hall–Kier alpha value is -4.17. The van der Waals surface area contributed by atoms with Crippen molar-refractivity contribution in [2.45, 2.75) is 104 Å². The molecule has 1 aliphatic rings. The molecular formula is C42H57Cl2N3O10. The second-order valence-corrected chi connectivity index (χ2v) is 17.0. The summed E-state index contributed by atoms with van der Waals surface area (Å²) in [5, 5.41) is 16.4. The van der Waals surface area contributed by atoms with Crippen molar-refractivity contribution in [3.05, 3.63) is 76.3 Å². The largest absolute Gasteiger partial charge is 0.495 e. The van der Waals surface area contributed by atoms with Gasteiger partial charge in [0.05, 0.1) is 34.4 Å². The van der Waals surface area contributed by atoms with Crippen molar-refractivity contribution in [1.29, 1.82) is 0 Å². The quantitative estimate of drug-likeness (QED) is 0.116. The van der Waals surface area contributed by atoms with Crippen molar-refractivity contribution < 1.29 is 48.0 Å². The van der Waals surface area contributed by atoms with Crippen LogP contribution in [-0.4, -0.2) is 79.4 Å². The van der Waals surface area contributed by atoms with Crippen LogP contribution < -0.4 is 21.1 Å². The first kappa shape index (κ1) is 47.2. The number of amides is 2. The topological polar surface area (TPSA) is 193 Å². The van der Waals surface area contributed by atoms with E-state index in [9.17, 15) is 29.1 Å². The number of nitrogens with two attached hydrogens (primary N) is 1. The van der Waals surface area contributed by atoms with E-state index in [1.165, 1.54) is 19.3 Å². The molecule has 5 N–H and O–H groups in total. The Labute approximate surface area is 345 Å². The van der Waals surface area contributed by atoms with Crippen molar-refractivity contribution in [2.75, 3.05) is 20.2 Å². The lowest BCUT2D eigenvalue weighted by molar-refractivity contribution is -0.180. The number of aliphatic hydroxyl groups is 1. The third-order valence-corrected chi connectivity index (χ3v) is 10.6. The predicted molar refractivity (Wildman–Crippen MR) is 216 cm³/mol. The summed E-state index contributed by atoms with van der Waals surface area (Å²) >= 11 is 13.1. The van der Waals surface area contributed by atoms with E-state index >= 15 is 0 Å². The Kier molecular flexibility index (Phi) is 17.4. The summed E-state index contributed by atoms with van der Waals surface area (Å²) in [6.45, 7) is 11.9. The van der Waals surface area contributed by atoms with E-state index < -0.39 is 76.2 Å². The van der Waals surface area contributed by atoms with E-state index in [-0.39, 0.29) is 44.9 Å². The molecule has 0 aliphatic carbocycles. The summed E-state index contributed by atoms with van der Waals surface area (Å²) in [4.78, 5) is 66.5. The minimum atomic E-state index is -1.30. The van der Waals surface area contributed by atoms with Gasteiger partial charge in [0.2, 0.25) is 11.8 Å². The Morgan fingerprint density at radius 1 is 1.05 bits per heavy atom. The molecule has 0 fully saturated rings. The number of carbonyl (C=O) groups excluding carboxylic acids is 5. The predicted octanol–water partition coefficient (Wildman–Crippen LogP) is 5.35. The first-order valence-electron chi connectivity index (χ1n) is 19.0. The minimum absolute atomic E-state index is 0.0208. The zero-order chi connectivity index (χ0) is 42.7. The van der Waals surface area contributed by atoms with Crippen LogP contribution >= 0.6 is 23.2 Å². The van der Waals surface area contributed by atoms with Crippen LogP contribution in [0.1, 0.15) is 83.4 Å². The smallest absolute Gasteiger partial charge is 0.347 e. The summed E-state index contributed by atoms with van der Waals surface area (Å²) in [6, 6.07) is 10.8. The van der Waals surface area contributed by atoms with E-state index in [1.807, 2.05) is 13.8 Å². The van der Waals surface area contributed by atoms with Crippen LogP contribution in [0.25, 0.3) is 0 Å². The second kappa shape index (κ2) is 21.0. The molecule has 2 amide bonds. The number of hydrogen-bond donors (Lipinski definition) is 4. The van der Waals surface area contributed by atoms with Gasteiger partial charge >= 0.3 is 17.9 Å². The highest BCUT2D eigenvalue weighted by Gasteiger charge is 2.39. The van der Waals surface area contributed by atoms with Gasteiger partial charge < -0.3 is 40.4 Å². The van der Waals surface area contributed by atoms with Crippen molar-refractivity contribution in [3.8, 4) is 5.75 Å². The number of esters is 3. The summed E-state index contributed by atoms with van der Waals surface area (Å²) in [5.41, 5.74) is 5.46. The van der Waals surface area contributed by atoms with Crippen LogP contribution in [-0.2, 0) is 51.2 Å². The molecule has 2 aromatic carbocycles. The number of methoxy groups -OCH3 is 1. The number of rotatable bonds is 13. The first-order valence-corrected chi connectivity index (χ1v) is 19.8. The molecule has 0 radical (unpaired) electrons. The monoisotopic (exact) mass is 833 g/mol. The van der Waals surface area contributed by atoms with Gasteiger partial charge in [-0.2, -0.15) is 0 Å². The lowest BCUT2D eigenvalue weighted by Gasteiger charge is -2.32. The van der Waals surface area contributed by atoms with Gasteiger partial charge in [0.15, 0.2) is 6.10 Å². The van der Waals surface area contributed by atoms with Crippen molar-refractivity contribution in [1.82, 2.24) is 10.6 Å². The fraction of sp³-hybridized carbons (Fsp3) is 0.548. The molecule has 1 aliphatic heterocycles. The molecule has 2 aromatic rings. The summed E-state index contributed by atoms with van der Waals surface area (Å²) in [5.74, 6) is -3.59. The standard InChI is InChI=1S/C42H57Cl2N3O10/c1-24(2)18-33-38(51)56-31(25(3)36(49)35(44)28-15-12-26(13-16-28)21-55-39(52)41(4,5)22-45)10-9-11-34(48)47-30(20-27-14-17-32(54-8)29(43)19-27)37(50)46-23-42(6,7)40(53)57-33/h9,11-17,19,24-25,30-31,33,35-36,49H,10,18,20-23,45H2,1-8H3,(H,46,50)(H,47,48)/b11-9+/t25-,30+,31-,33-,35?,36?/m0/s1. The van der Waals surface area contributed by atoms with E-state index in [2.05, 4.69) is 10.6 Å². The number of nitrogens with one attached hydrogen (secondary N) is 2. The number of hydrogen-bond acceptors (Lipinski definition) is 11. The van der Waals surface area contributed by atoms with Crippen LogP contribution in [0.2, 0.25) is 5.02 Å². The number of alkyl halides is 1. The fourth-order valence-corrected chi connectivity index (χ4v) is 6.38. The number of carbonyl (C=O) groups is 5. The maximum atomic E-state index is 13.8. The van der Waals surface area contributed by atoms with Crippen molar-refractivity contribution >= 4 is 52.9 Å². The zero-order valence-electron chi connectivity index (χ0n) is 33.9. The lowest BCUT2D eigenvalue weighted by Crippen LogP contribution is -2.51. The van der Waals surface area contributed by atoms with Crippen LogP contribution in [0.4, 0.5) is 0 Å². The van der Waals surface area contributed by atoms with Gasteiger partial charge in [-0.15, -0.1) is 11.6 Å². The molecule has 1 heterocycles. The molecule has 0 saturated heterocycles. The highest BCUT2D eigenvalue weighted by molar-refractivity contribution is 6.32. The van der Waals surface area contributed by atoms with Crippen molar-refractivity contribution in [2.24, 2.45) is 28.4 Å². The van der Waals surface area contributed by atoms with Gasteiger partial charge in [0, 0.05) is 31.8 Å². The Bertz CT molecular complexity index is 1750. The molecule has 15 heteroatoms. The third-order valence-electron chi connectivity index (χ3n) is 9.80. The SMILES string of the molecule is COc1ccc(C[C@H]2NC(=O)/C=C/C[C@@H]([C@H](C)C(O)C(Cl)c3ccc(COC(=O)C(C)(C)CN)cc3)OC(=O)[C@H](CC(C)C)OC(=O)C(C)(C)CNC2=O)cc1Cl. The van der Waals surface area contributed by atoms with Gasteiger partial charge in [-0.3, -0.25) is 19.2 Å². The van der Waals surface area contributed by atoms with Gasteiger partial charge in [0.25, 0.3) is 0 Å². The molecular weight excluding hydrogens is 777 g/mol. The van der Waals surface area contributed by atoms with Crippen LogP contribution in [0.5, 0.6) is 5.75 Å². The normalized spacial score (nSPS) is 21.9. The van der Waals surface area contributed by atoms with E-state index in [1.54, 1.807) is 77.1 Å². The fourth-order valence-electron chi connectivity index (χ4n) is 5.73. The average molecular weight is 835 g/mol. The maximum Gasteiger partial charge on any atom is 0.347 e. The summed E-state index contributed by atoms with van der Waals surface area (Å²) in [7, 11) is 1.48. The van der Waals surface area contributed by atoms with Crippen LogP contribution in [0.3, 0.4) is 0 Å². The van der Waals surface area contributed by atoms with Gasteiger partial charge in [-0.25, -0.2) is 4.79 Å². The zero-order valence-corrected chi connectivity index (χ0v) is 35.4. The van der Waals surface area contributed by atoms with Gasteiger partial charge in [-0.05, 0) is 74.9 Å². The molecule has 0 spiro atoms. The van der Waals surface area contributed by atoms with Crippen LogP contribution in [0, 0.1) is 22.7 Å². The maximum absolute atomic E-state index is 13.8. The minimum Gasteiger partial charge on any atom is -0.495 e. The van der Waals surface area contributed by atoms with E-state index in [0.29, 0.717) is 27.5 Å². The molecule has 314 valence electrons. The summed E-state index contributed by atoms with van der Waals surface area (Å²) < 4.78 is 22.4. The third kappa shape index (κ3) is 13.7. The highest BCUT2D eigenvalue weighted by Crippen LogP contribution is 2.33. The molecule has 2 unspecified atom stereocenters. The van der Waals surface area contributed by atoms with Gasteiger partial charge in [0.1, 0.15) is 24.5 Å². The Morgan fingerprint density at radius 2 is 1.70 bits per heavy atom.